The van der Waals surface area contributed by atoms with Crippen LogP contribution in [0, 0.1) is 6.92 Å². The van der Waals surface area contributed by atoms with E-state index in [2.05, 4.69) is 58.1 Å². The molecule has 0 bridgehead atoms. The number of piperazine rings is 1. The zero-order chi connectivity index (χ0) is 20.2. The van der Waals surface area contributed by atoms with Crippen LogP contribution >= 0.6 is 0 Å². The van der Waals surface area contributed by atoms with E-state index >= 15 is 0 Å². The lowest BCUT2D eigenvalue weighted by molar-refractivity contribution is 0.0600. The highest BCUT2D eigenvalue weighted by Gasteiger charge is 2.27. The van der Waals surface area contributed by atoms with Crippen LogP contribution in [-0.2, 0) is 0 Å². The monoisotopic (exact) mass is 393 g/mol. The molecule has 1 amide bonds. The Hall–Kier alpha value is -2.63. The minimum absolute atomic E-state index is 0.0277. The van der Waals surface area contributed by atoms with Gasteiger partial charge in [-0.05, 0) is 62.4 Å². The van der Waals surface area contributed by atoms with E-state index in [1.165, 1.54) is 17.7 Å². The van der Waals surface area contributed by atoms with Gasteiger partial charge in [0.25, 0.3) is 5.91 Å². The number of amides is 1. The van der Waals surface area contributed by atoms with Gasteiger partial charge in [-0.3, -0.25) is 4.79 Å². The van der Waals surface area contributed by atoms with E-state index in [-0.39, 0.29) is 5.91 Å². The van der Waals surface area contributed by atoms with Crippen molar-refractivity contribution < 1.29 is 4.79 Å². The van der Waals surface area contributed by atoms with E-state index in [0.29, 0.717) is 11.7 Å². The first-order chi connectivity index (χ1) is 14.2. The lowest BCUT2D eigenvalue weighted by atomic mass is 9.99. The van der Waals surface area contributed by atoms with E-state index in [9.17, 15) is 4.79 Å². The Labute approximate surface area is 173 Å². The maximum absolute atomic E-state index is 12.9. The molecule has 2 saturated heterocycles. The van der Waals surface area contributed by atoms with Crippen LogP contribution < -0.4 is 9.80 Å². The number of rotatable bonds is 4. The summed E-state index contributed by atoms with van der Waals surface area (Å²) in [6, 6.07) is 12.8. The van der Waals surface area contributed by atoms with Gasteiger partial charge >= 0.3 is 0 Å². The number of carbonyl (C=O) groups excluding carboxylic acids is 1. The summed E-state index contributed by atoms with van der Waals surface area (Å²) in [4.78, 5) is 19.5. The van der Waals surface area contributed by atoms with Crippen molar-refractivity contribution in [2.24, 2.45) is 0 Å². The van der Waals surface area contributed by atoms with E-state index in [4.69, 9.17) is 0 Å². The van der Waals surface area contributed by atoms with Crippen molar-refractivity contribution in [1.29, 1.82) is 0 Å². The van der Waals surface area contributed by atoms with Gasteiger partial charge in [-0.15, -0.1) is 10.2 Å². The van der Waals surface area contributed by atoms with Crippen molar-refractivity contribution in [2.75, 3.05) is 42.5 Å². The fraction of sp³-hybridized carbons (Fsp3) is 0.522. The van der Waals surface area contributed by atoms with E-state index < -0.39 is 0 Å². The molecule has 0 spiro atoms. The van der Waals surface area contributed by atoms with Crippen LogP contribution in [0.25, 0.3) is 0 Å². The molecule has 2 fully saturated rings. The Morgan fingerprint density at radius 2 is 1.79 bits per heavy atom. The first kappa shape index (κ1) is 19.7. The van der Waals surface area contributed by atoms with Crippen LogP contribution in [0.2, 0.25) is 0 Å². The van der Waals surface area contributed by atoms with E-state index in [1.54, 1.807) is 0 Å². The average molecular weight is 394 g/mol. The molecular weight excluding hydrogens is 362 g/mol. The Balaban J connectivity index is 1.38. The summed E-state index contributed by atoms with van der Waals surface area (Å²) in [7, 11) is 0. The molecule has 2 aliphatic rings. The number of nitrogens with zero attached hydrogens (tertiary/aromatic N) is 5. The topological polar surface area (TPSA) is 52.6 Å². The molecule has 4 rings (SSSR count). The number of aryl methyl sites for hydroxylation is 1. The molecule has 1 atom stereocenters. The summed E-state index contributed by atoms with van der Waals surface area (Å²) in [5.74, 6) is 0.885. The Morgan fingerprint density at radius 3 is 2.48 bits per heavy atom. The standard InChI is InChI=1S/C23H31N5O/c1-3-19-8-4-5-12-28(19)23(29)21-10-11-22(25-24-21)27-15-13-26(14-16-27)20-9-6-7-18(2)17-20/h6-7,9-11,17,19H,3-5,8,12-16H2,1-2H3. The maximum Gasteiger partial charge on any atom is 0.274 e. The number of carbonyl (C=O) groups is 1. The zero-order valence-electron chi connectivity index (χ0n) is 17.5. The fourth-order valence-corrected chi connectivity index (χ4v) is 4.47. The van der Waals surface area contributed by atoms with Gasteiger partial charge in [0.2, 0.25) is 0 Å². The molecular formula is C23H31N5O. The average Bonchev–Trinajstić information content (AvgIpc) is 2.79. The molecule has 6 nitrogen and oxygen atoms in total. The van der Waals surface area contributed by atoms with Gasteiger partial charge in [0.05, 0.1) is 0 Å². The van der Waals surface area contributed by atoms with Crippen molar-refractivity contribution in [3.63, 3.8) is 0 Å². The molecule has 2 aliphatic heterocycles. The molecule has 0 radical (unpaired) electrons. The fourth-order valence-electron chi connectivity index (χ4n) is 4.47. The smallest absolute Gasteiger partial charge is 0.274 e. The number of hydrogen-bond acceptors (Lipinski definition) is 5. The lowest BCUT2D eigenvalue weighted by Gasteiger charge is -2.37. The third-order valence-electron chi connectivity index (χ3n) is 6.20. The summed E-state index contributed by atoms with van der Waals surface area (Å²) in [5.41, 5.74) is 3.03. The summed E-state index contributed by atoms with van der Waals surface area (Å²) in [6.07, 6.45) is 4.39. The third kappa shape index (κ3) is 4.36. The molecule has 0 aliphatic carbocycles. The van der Waals surface area contributed by atoms with Gasteiger partial charge in [-0.2, -0.15) is 0 Å². The van der Waals surface area contributed by atoms with E-state index in [1.807, 2.05) is 17.0 Å². The SMILES string of the molecule is CCC1CCCCN1C(=O)c1ccc(N2CCN(c3cccc(C)c3)CC2)nn1. The molecule has 2 aromatic rings. The van der Waals surface area contributed by atoms with E-state index in [0.717, 1.165) is 57.8 Å². The first-order valence-electron chi connectivity index (χ1n) is 10.9. The van der Waals surface area contributed by atoms with Crippen molar-refractivity contribution in [2.45, 2.75) is 45.6 Å². The maximum atomic E-state index is 12.9. The second-order valence-electron chi connectivity index (χ2n) is 8.15. The number of hydrogen-bond donors (Lipinski definition) is 0. The van der Waals surface area contributed by atoms with Crippen LogP contribution in [0.4, 0.5) is 11.5 Å². The van der Waals surface area contributed by atoms with Gasteiger partial charge in [-0.1, -0.05) is 19.1 Å². The molecule has 3 heterocycles. The minimum atomic E-state index is 0.0277. The van der Waals surface area contributed by atoms with Gasteiger partial charge in [0.15, 0.2) is 11.5 Å². The summed E-state index contributed by atoms with van der Waals surface area (Å²) >= 11 is 0. The summed E-state index contributed by atoms with van der Waals surface area (Å²) in [5, 5.41) is 8.68. The van der Waals surface area contributed by atoms with Gasteiger partial charge < -0.3 is 14.7 Å². The Kier molecular flexibility index (Phi) is 5.97. The zero-order valence-corrected chi connectivity index (χ0v) is 17.5. The van der Waals surface area contributed by atoms with Crippen LogP contribution in [0.5, 0.6) is 0 Å². The van der Waals surface area contributed by atoms with Crippen molar-refractivity contribution in [3.8, 4) is 0 Å². The largest absolute Gasteiger partial charge is 0.368 e. The van der Waals surface area contributed by atoms with Crippen molar-refractivity contribution in [3.05, 3.63) is 47.7 Å². The molecule has 1 aromatic heterocycles. The minimum Gasteiger partial charge on any atom is -0.368 e. The third-order valence-corrected chi connectivity index (χ3v) is 6.20. The van der Waals surface area contributed by atoms with Crippen LogP contribution in [0.3, 0.4) is 0 Å². The van der Waals surface area contributed by atoms with Crippen LogP contribution in [0.1, 0.15) is 48.7 Å². The second-order valence-corrected chi connectivity index (χ2v) is 8.15. The second kappa shape index (κ2) is 8.80. The van der Waals surface area contributed by atoms with Crippen LogP contribution in [0.15, 0.2) is 36.4 Å². The number of piperidine rings is 1. The summed E-state index contributed by atoms with van der Waals surface area (Å²) < 4.78 is 0. The van der Waals surface area contributed by atoms with Gasteiger partial charge in [0.1, 0.15) is 0 Å². The molecule has 29 heavy (non-hydrogen) atoms. The number of benzene rings is 1. The molecule has 6 heteroatoms. The quantitative estimate of drug-likeness (QED) is 0.796. The Bertz CT molecular complexity index is 829. The summed E-state index contributed by atoms with van der Waals surface area (Å²) in [6.45, 7) is 8.84. The Morgan fingerprint density at radius 1 is 1.00 bits per heavy atom. The highest BCUT2D eigenvalue weighted by molar-refractivity contribution is 5.92. The first-order valence-corrected chi connectivity index (χ1v) is 10.9. The van der Waals surface area contributed by atoms with Gasteiger partial charge in [-0.25, -0.2) is 0 Å². The van der Waals surface area contributed by atoms with Crippen molar-refractivity contribution in [1.82, 2.24) is 15.1 Å². The molecule has 1 aromatic carbocycles. The lowest BCUT2D eigenvalue weighted by Crippen LogP contribution is -2.47. The molecule has 1 unspecified atom stereocenters. The van der Waals surface area contributed by atoms with Crippen LogP contribution in [-0.4, -0.2) is 59.8 Å². The highest BCUT2D eigenvalue weighted by Crippen LogP contribution is 2.23. The number of aromatic nitrogens is 2. The number of anilines is 2. The highest BCUT2D eigenvalue weighted by atomic mass is 16.2. The predicted octanol–water partition coefficient (Wildman–Crippen LogP) is 3.52. The normalized spacial score (nSPS) is 20.1. The molecule has 154 valence electrons. The van der Waals surface area contributed by atoms with Gasteiger partial charge in [0, 0.05) is 44.5 Å². The van der Waals surface area contributed by atoms with Crippen molar-refractivity contribution >= 4 is 17.4 Å². The number of likely N-dealkylation sites (tertiary alicyclic amines) is 1. The molecule has 0 saturated carbocycles. The predicted molar refractivity (Wildman–Crippen MR) is 117 cm³/mol. The molecule has 0 N–H and O–H groups in total.